The highest BCUT2D eigenvalue weighted by Gasteiger charge is 2.25. The zero-order valence-corrected chi connectivity index (χ0v) is 27.5. The van der Waals surface area contributed by atoms with E-state index in [0.717, 1.165) is 48.2 Å². The van der Waals surface area contributed by atoms with Gasteiger partial charge in [0, 0.05) is 60.9 Å². The maximum atomic E-state index is 13.3. The number of amides is 2. The van der Waals surface area contributed by atoms with Gasteiger partial charge in [-0.05, 0) is 108 Å². The summed E-state index contributed by atoms with van der Waals surface area (Å²) >= 11 is 0. The lowest BCUT2D eigenvalue weighted by Gasteiger charge is -2.35. The third-order valence-electron chi connectivity index (χ3n) is 8.32. The van der Waals surface area contributed by atoms with E-state index in [4.69, 9.17) is 4.74 Å². The Hall–Kier alpha value is -4.25. The number of nitrogens with zero attached hydrogens (tertiary/aromatic N) is 4. The number of likely N-dealkylation sites (tertiary alicyclic amines) is 1. The van der Waals surface area contributed by atoms with Gasteiger partial charge in [0.2, 0.25) is 0 Å². The highest BCUT2D eigenvalue weighted by molar-refractivity contribution is 6.04. The number of carbonyl (C=O) groups is 2. The molecule has 2 amide bonds. The Morgan fingerprint density at radius 3 is 2.43 bits per heavy atom. The minimum atomic E-state index is -0.687. The van der Waals surface area contributed by atoms with Crippen LogP contribution in [0.3, 0.4) is 0 Å². The first-order valence-corrected chi connectivity index (χ1v) is 16.0. The Kier molecular flexibility index (Phi) is 10.4. The van der Waals surface area contributed by atoms with Crippen molar-refractivity contribution < 1.29 is 19.4 Å². The molecular weight excluding hydrogens is 580 g/mol. The number of nitrogens with one attached hydrogen (secondary N) is 2. The van der Waals surface area contributed by atoms with E-state index in [2.05, 4.69) is 37.6 Å². The Morgan fingerprint density at radius 1 is 1.04 bits per heavy atom. The largest absolute Gasteiger partial charge is 0.389 e. The average Bonchev–Trinajstić information content (AvgIpc) is 3.46. The van der Waals surface area contributed by atoms with E-state index < -0.39 is 5.60 Å². The molecule has 1 saturated heterocycles. The first-order chi connectivity index (χ1) is 22.0. The second-order valence-corrected chi connectivity index (χ2v) is 12.9. The summed E-state index contributed by atoms with van der Waals surface area (Å²) in [5.41, 5.74) is 3.72. The zero-order chi connectivity index (χ0) is 32.8. The molecule has 10 heteroatoms. The van der Waals surface area contributed by atoms with Crippen LogP contribution in [0.2, 0.25) is 0 Å². The highest BCUT2D eigenvalue weighted by Crippen LogP contribution is 2.31. The second-order valence-electron chi connectivity index (χ2n) is 12.9. The van der Waals surface area contributed by atoms with E-state index in [1.165, 1.54) is 5.56 Å². The van der Waals surface area contributed by atoms with Gasteiger partial charge in [0.1, 0.15) is 5.82 Å². The number of ether oxygens (including phenoxy) is 1. The predicted molar refractivity (Wildman–Crippen MR) is 183 cm³/mol. The lowest BCUT2D eigenvalue weighted by molar-refractivity contribution is 0.0281. The molecule has 2 aromatic heterocycles. The summed E-state index contributed by atoms with van der Waals surface area (Å²) in [4.78, 5) is 34.4. The smallest absolute Gasteiger partial charge is 0.325 e. The van der Waals surface area contributed by atoms with Gasteiger partial charge in [0.05, 0.1) is 23.8 Å². The molecule has 0 unspecified atom stereocenters. The van der Waals surface area contributed by atoms with Crippen molar-refractivity contribution in [2.24, 2.45) is 0 Å². The van der Waals surface area contributed by atoms with Crippen LogP contribution in [-0.4, -0.2) is 83.0 Å². The molecule has 0 atom stereocenters. The lowest BCUT2D eigenvalue weighted by Crippen LogP contribution is -2.42. The topological polar surface area (TPSA) is 112 Å². The van der Waals surface area contributed by atoms with E-state index in [1.54, 1.807) is 24.0 Å². The van der Waals surface area contributed by atoms with E-state index >= 15 is 0 Å². The summed E-state index contributed by atoms with van der Waals surface area (Å²) in [5.74, 6) is 0.677. The number of hydrogen-bond acceptors (Lipinski definition) is 7. The van der Waals surface area contributed by atoms with Crippen LogP contribution in [0.25, 0.3) is 10.9 Å². The molecule has 1 fully saturated rings. The molecule has 4 aromatic rings. The monoisotopic (exact) mass is 626 g/mol. The van der Waals surface area contributed by atoms with E-state index in [-0.39, 0.29) is 18.0 Å². The fraction of sp³-hybridized carbons (Fsp3) is 0.417. The predicted octanol–water partition coefficient (Wildman–Crippen LogP) is 5.99. The molecule has 0 saturated carbocycles. The van der Waals surface area contributed by atoms with Gasteiger partial charge in [-0.25, -0.2) is 9.78 Å². The summed E-state index contributed by atoms with van der Waals surface area (Å²) in [6.45, 7) is 11.4. The highest BCUT2D eigenvalue weighted by atomic mass is 16.5. The molecular formula is C36H46N6O4. The van der Waals surface area contributed by atoms with E-state index in [1.807, 2.05) is 76.2 Å². The van der Waals surface area contributed by atoms with Gasteiger partial charge in [-0.15, -0.1) is 0 Å². The van der Waals surface area contributed by atoms with Crippen LogP contribution in [0, 0.1) is 0 Å². The zero-order valence-electron chi connectivity index (χ0n) is 27.5. The maximum absolute atomic E-state index is 13.3. The van der Waals surface area contributed by atoms with Crippen molar-refractivity contribution in [2.45, 2.75) is 58.2 Å². The summed E-state index contributed by atoms with van der Waals surface area (Å²) < 4.78 is 7.47. The van der Waals surface area contributed by atoms with Gasteiger partial charge < -0.3 is 30.3 Å². The summed E-state index contributed by atoms with van der Waals surface area (Å²) in [6, 6.07) is 19.3. The number of hydrogen-bond donors (Lipinski definition) is 3. The van der Waals surface area contributed by atoms with Crippen LogP contribution in [0.5, 0.6) is 0 Å². The van der Waals surface area contributed by atoms with Crippen LogP contribution in [-0.2, 0) is 4.74 Å². The molecule has 3 N–H and O–H groups in total. The van der Waals surface area contributed by atoms with Crippen LogP contribution < -0.4 is 15.5 Å². The van der Waals surface area contributed by atoms with Gasteiger partial charge in [0.15, 0.2) is 0 Å². The number of anilines is 3. The van der Waals surface area contributed by atoms with E-state index in [9.17, 15) is 14.7 Å². The van der Waals surface area contributed by atoms with Crippen LogP contribution >= 0.6 is 0 Å². The molecule has 0 aliphatic carbocycles. The van der Waals surface area contributed by atoms with E-state index in [0.29, 0.717) is 37.0 Å². The number of aliphatic hydroxyl groups is 1. The molecule has 1 aliphatic heterocycles. The van der Waals surface area contributed by atoms with Crippen molar-refractivity contribution >= 4 is 40.0 Å². The quantitative estimate of drug-likeness (QED) is 0.188. The van der Waals surface area contributed by atoms with Crippen LogP contribution in [0.15, 0.2) is 73.1 Å². The van der Waals surface area contributed by atoms with Gasteiger partial charge in [-0.1, -0.05) is 12.1 Å². The van der Waals surface area contributed by atoms with Crippen LogP contribution in [0.4, 0.5) is 22.0 Å². The third kappa shape index (κ3) is 8.31. The number of pyridine rings is 1. The first kappa shape index (κ1) is 33.1. The van der Waals surface area contributed by atoms with Crippen molar-refractivity contribution in [3.63, 3.8) is 0 Å². The Bertz CT molecular complexity index is 1630. The van der Waals surface area contributed by atoms with Crippen molar-refractivity contribution in [1.29, 1.82) is 0 Å². The first-order valence-electron chi connectivity index (χ1n) is 16.0. The summed E-state index contributed by atoms with van der Waals surface area (Å²) in [5, 5.41) is 16.7. The molecule has 5 rings (SSSR count). The van der Waals surface area contributed by atoms with Gasteiger partial charge in [-0.3, -0.25) is 9.36 Å². The number of piperidine rings is 1. The number of carbonyl (C=O) groups excluding carboxylic acids is 2. The molecule has 0 radical (unpaired) electrons. The van der Waals surface area contributed by atoms with Crippen molar-refractivity contribution in [1.82, 2.24) is 19.8 Å². The molecule has 46 heavy (non-hydrogen) atoms. The minimum Gasteiger partial charge on any atom is -0.389 e. The Labute approximate surface area is 271 Å². The minimum absolute atomic E-state index is 0.0936. The second kappa shape index (κ2) is 14.5. The molecule has 0 spiro atoms. The molecule has 10 nitrogen and oxygen atoms in total. The Balaban J connectivity index is 1.29. The normalized spacial score (nSPS) is 14.5. The molecule has 1 aliphatic rings. The standard InChI is InChI=1S/C36H46N6O4/c1-25(2)46-21-20-41(30-10-11-32-29(22-30)15-19-42(32)35(44)37-5)31-12-16-38-33(23-31)39-34(43)28-8-6-26(7-9-28)27-13-17-40(18-14-27)24-36(3,4)45/h6-12,15-16,19,22-23,25,27,45H,13-14,17-18,20-21,24H2,1-5H3,(H,37,44)(H,38,39,43). The fourth-order valence-electron chi connectivity index (χ4n) is 6.10. The van der Waals surface area contributed by atoms with Crippen molar-refractivity contribution in [3.8, 4) is 0 Å². The fourth-order valence-corrected chi connectivity index (χ4v) is 6.10. The lowest BCUT2D eigenvalue weighted by atomic mass is 9.88. The van der Waals surface area contributed by atoms with Gasteiger partial charge in [-0.2, -0.15) is 0 Å². The van der Waals surface area contributed by atoms with Gasteiger partial charge in [0.25, 0.3) is 5.91 Å². The number of rotatable bonds is 11. The molecule has 244 valence electrons. The SMILES string of the molecule is CNC(=O)n1ccc2cc(N(CCOC(C)C)c3ccnc(NC(=O)c4ccc(C5CCN(CC(C)(C)O)CC5)cc4)c3)ccc21. The summed E-state index contributed by atoms with van der Waals surface area (Å²) in [6.07, 6.45) is 5.60. The molecule has 3 heterocycles. The van der Waals surface area contributed by atoms with Crippen molar-refractivity contribution in [3.05, 3.63) is 84.2 Å². The Morgan fingerprint density at radius 2 is 1.76 bits per heavy atom. The van der Waals surface area contributed by atoms with Gasteiger partial charge >= 0.3 is 6.03 Å². The summed E-state index contributed by atoms with van der Waals surface area (Å²) in [7, 11) is 1.61. The number of benzene rings is 2. The molecule has 2 aromatic carbocycles. The number of aromatic nitrogens is 2. The van der Waals surface area contributed by atoms with Crippen molar-refractivity contribution in [2.75, 3.05) is 50.1 Å². The number of β-amino-alcohol motifs (C(OH)–C–C–N with tert-alkyl or cyclic N) is 1. The van der Waals surface area contributed by atoms with Crippen LogP contribution in [0.1, 0.15) is 62.4 Å². The maximum Gasteiger partial charge on any atom is 0.325 e. The third-order valence-corrected chi connectivity index (χ3v) is 8.32. The average molecular weight is 627 g/mol. The molecule has 0 bridgehead atoms. The number of fused-ring (bicyclic) bond motifs is 1.